The fraction of sp³-hybridized carbons (Fsp3) is 0.429. The SMILES string of the molecule is CN(C)CCc1cnc(N(C)Cc2ccco2)nc1N. The van der Waals surface area contributed by atoms with Crippen molar-refractivity contribution in [3.05, 3.63) is 35.9 Å². The number of nitrogens with two attached hydrogens (primary N) is 1. The summed E-state index contributed by atoms with van der Waals surface area (Å²) in [5.74, 6) is 2.02. The summed E-state index contributed by atoms with van der Waals surface area (Å²) >= 11 is 0. The zero-order valence-corrected chi connectivity index (χ0v) is 12.2. The minimum absolute atomic E-state index is 0.545. The van der Waals surface area contributed by atoms with E-state index in [2.05, 4.69) is 14.9 Å². The molecular weight excluding hydrogens is 254 g/mol. The van der Waals surface area contributed by atoms with Crippen molar-refractivity contribution in [3.63, 3.8) is 0 Å². The number of likely N-dealkylation sites (N-methyl/N-ethyl adjacent to an activating group) is 1. The maximum atomic E-state index is 6.00. The predicted molar refractivity (Wildman–Crippen MR) is 79.5 cm³/mol. The summed E-state index contributed by atoms with van der Waals surface area (Å²) in [6.45, 7) is 1.54. The number of hydrogen-bond donors (Lipinski definition) is 1. The van der Waals surface area contributed by atoms with Gasteiger partial charge in [0.2, 0.25) is 5.95 Å². The summed E-state index contributed by atoms with van der Waals surface area (Å²) in [4.78, 5) is 12.8. The Labute approximate surface area is 119 Å². The zero-order valence-electron chi connectivity index (χ0n) is 12.2. The molecule has 0 saturated heterocycles. The van der Waals surface area contributed by atoms with E-state index in [4.69, 9.17) is 10.2 Å². The molecule has 6 nitrogen and oxygen atoms in total. The number of rotatable bonds is 6. The highest BCUT2D eigenvalue weighted by atomic mass is 16.3. The molecular formula is C14H21N5O. The average Bonchev–Trinajstić information content (AvgIpc) is 2.89. The maximum absolute atomic E-state index is 6.00. The highest BCUT2D eigenvalue weighted by Crippen LogP contribution is 2.15. The fourth-order valence-corrected chi connectivity index (χ4v) is 1.84. The van der Waals surface area contributed by atoms with Gasteiger partial charge in [0.15, 0.2) is 0 Å². The zero-order chi connectivity index (χ0) is 14.5. The quantitative estimate of drug-likeness (QED) is 0.859. The molecule has 0 fully saturated rings. The van der Waals surface area contributed by atoms with Gasteiger partial charge in [0, 0.05) is 25.4 Å². The molecule has 0 aliphatic rings. The van der Waals surface area contributed by atoms with Crippen molar-refractivity contribution >= 4 is 11.8 Å². The molecule has 0 atom stereocenters. The third-order valence-electron chi connectivity index (χ3n) is 3.03. The second kappa shape index (κ2) is 6.38. The molecule has 2 aromatic rings. The second-order valence-corrected chi connectivity index (χ2v) is 5.07. The van der Waals surface area contributed by atoms with Crippen molar-refractivity contribution in [2.75, 3.05) is 38.3 Å². The van der Waals surface area contributed by atoms with Crippen molar-refractivity contribution in [1.82, 2.24) is 14.9 Å². The van der Waals surface area contributed by atoms with Crippen LogP contribution in [-0.2, 0) is 13.0 Å². The van der Waals surface area contributed by atoms with Gasteiger partial charge < -0.3 is 20.0 Å². The molecule has 2 heterocycles. The molecule has 2 rings (SSSR count). The Morgan fingerprint density at radius 2 is 2.10 bits per heavy atom. The number of nitrogens with zero attached hydrogens (tertiary/aromatic N) is 4. The number of hydrogen-bond acceptors (Lipinski definition) is 6. The van der Waals surface area contributed by atoms with Crippen LogP contribution in [0, 0.1) is 0 Å². The van der Waals surface area contributed by atoms with E-state index in [1.165, 1.54) is 0 Å². The van der Waals surface area contributed by atoms with E-state index >= 15 is 0 Å². The summed E-state index contributed by atoms with van der Waals surface area (Å²) in [6.07, 6.45) is 4.31. The Hall–Kier alpha value is -2.08. The molecule has 20 heavy (non-hydrogen) atoms. The molecule has 0 amide bonds. The van der Waals surface area contributed by atoms with Gasteiger partial charge in [0.05, 0.1) is 12.8 Å². The van der Waals surface area contributed by atoms with Crippen molar-refractivity contribution < 1.29 is 4.42 Å². The van der Waals surface area contributed by atoms with Crippen LogP contribution in [0.5, 0.6) is 0 Å². The van der Waals surface area contributed by atoms with E-state index < -0.39 is 0 Å². The fourth-order valence-electron chi connectivity index (χ4n) is 1.84. The maximum Gasteiger partial charge on any atom is 0.227 e. The predicted octanol–water partition coefficient (Wildman–Crippen LogP) is 1.39. The van der Waals surface area contributed by atoms with Gasteiger partial charge in [-0.2, -0.15) is 4.98 Å². The van der Waals surface area contributed by atoms with Crippen LogP contribution in [0.4, 0.5) is 11.8 Å². The molecule has 0 radical (unpaired) electrons. The molecule has 6 heteroatoms. The third kappa shape index (κ3) is 3.71. The van der Waals surface area contributed by atoms with Crippen LogP contribution >= 0.6 is 0 Å². The van der Waals surface area contributed by atoms with Crippen LogP contribution < -0.4 is 10.6 Å². The minimum Gasteiger partial charge on any atom is -0.467 e. The molecule has 0 aliphatic heterocycles. The number of anilines is 2. The topological polar surface area (TPSA) is 71.4 Å². The van der Waals surface area contributed by atoms with E-state index in [-0.39, 0.29) is 0 Å². The molecule has 0 spiro atoms. The van der Waals surface area contributed by atoms with Gasteiger partial charge in [0.25, 0.3) is 0 Å². The first-order chi connectivity index (χ1) is 9.56. The summed E-state index contributed by atoms with van der Waals surface area (Å²) < 4.78 is 5.31. The molecule has 0 aromatic carbocycles. The van der Waals surface area contributed by atoms with Gasteiger partial charge >= 0.3 is 0 Å². The first-order valence-electron chi connectivity index (χ1n) is 6.56. The Morgan fingerprint density at radius 1 is 1.30 bits per heavy atom. The monoisotopic (exact) mass is 275 g/mol. The molecule has 2 aromatic heterocycles. The van der Waals surface area contributed by atoms with Gasteiger partial charge in [-0.15, -0.1) is 0 Å². The Kier molecular flexibility index (Phi) is 4.57. The summed E-state index contributed by atoms with van der Waals surface area (Å²) in [5.41, 5.74) is 6.98. The lowest BCUT2D eigenvalue weighted by Gasteiger charge is -2.17. The van der Waals surface area contributed by atoms with Gasteiger partial charge in [-0.05, 0) is 32.6 Å². The number of furan rings is 1. The van der Waals surface area contributed by atoms with Crippen molar-refractivity contribution in [2.45, 2.75) is 13.0 Å². The lowest BCUT2D eigenvalue weighted by atomic mass is 10.2. The summed E-state index contributed by atoms with van der Waals surface area (Å²) in [7, 11) is 5.97. The van der Waals surface area contributed by atoms with Crippen LogP contribution in [0.15, 0.2) is 29.0 Å². The smallest absolute Gasteiger partial charge is 0.227 e. The largest absolute Gasteiger partial charge is 0.467 e. The van der Waals surface area contributed by atoms with Crippen LogP contribution in [0.1, 0.15) is 11.3 Å². The second-order valence-electron chi connectivity index (χ2n) is 5.07. The Morgan fingerprint density at radius 3 is 2.70 bits per heavy atom. The number of nitrogen functional groups attached to an aromatic ring is 1. The van der Waals surface area contributed by atoms with Gasteiger partial charge in [-0.3, -0.25) is 0 Å². The molecule has 108 valence electrons. The standard InChI is InChI=1S/C14H21N5O/c1-18(2)7-6-11-9-16-14(17-13(11)15)19(3)10-12-5-4-8-20-12/h4-5,8-9H,6-7,10H2,1-3H3,(H2,15,16,17). The van der Waals surface area contributed by atoms with E-state index in [0.29, 0.717) is 18.3 Å². The van der Waals surface area contributed by atoms with E-state index in [9.17, 15) is 0 Å². The van der Waals surface area contributed by atoms with Crippen LogP contribution in [0.2, 0.25) is 0 Å². The first kappa shape index (κ1) is 14.3. The average molecular weight is 275 g/mol. The normalized spacial score (nSPS) is 11.0. The van der Waals surface area contributed by atoms with Crippen LogP contribution in [-0.4, -0.2) is 42.6 Å². The van der Waals surface area contributed by atoms with Crippen molar-refractivity contribution in [3.8, 4) is 0 Å². The lowest BCUT2D eigenvalue weighted by molar-refractivity contribution is 0.413. The Balaban J connectivity index is 2.04. The first-order valence-corrected chi connectivity index (χ1v) is 6.56. The van der Waals surface area contributed by atoms with Crippen molar-refractivity contribution in [1.29, 1.82) is 0 Å². The molecule has 0 bridgehead atoms. The third-order valence-corrected chi connectivity index (χ3v) is 3.03. The van der Waals surface area contributed by atoms with Gasteiger partial charge in [-0.25, -0.2) is 4.98 Å². The Bertz CT molecular complexity index is 539. The summed E-state index contributed by atoms with van der Waals surface area (Å²) in [5, 5.41) is 0. The van der Waals surface area contributed by atoms with Crippen molar-refractivity contribution in [2.24, 2.45) is 0 Å². The lowest BCUT2D eigenvalue weighted by Crippen LogP contribution is -2.20. The van der Waals surface area contributed by atoms with Gasteiger partial charge in [-0.1, -0.05) is 0 Å². The molecule has 0 aliphatic carbocycles. The van der Waals surface area contributed by atoms with E-state index in [1.807, 2.05) is 38.2 Å². The van der Waals surface area contributed by atoms with E-state index in [1.54, 1.807) is 12.5 Å². The summed E-state index contributed by atoms with van der Waals surface area (Å²) in [6, 6.07) is 3.79. The number of aromatic nitrogens is 2. The van der Waals surface area contributed by atoms with Crippen LogP contribution in [0.3, 0.4) is 0 Å². The van der Waals surface area contributed by atoms with E-state index in [0.717, 1.165) is 24.3 Å². The van der Waals surface area contributed by atoms with Gasteiger partial charge in [0.1, 0.15) is 11.6 Å². The molecule has 0 saturated carbocycles. The molecule has 2 N–H and O–H groups in total. The highest BCUT2D eigenvalue weighted by molar-refractivity contribution is 5.44. The molecule has 0 unspecified atom stereocenters. The highest BCUT2D eigenvalue weighted by Gasteiger charge is 2.10. The van der Waals surface area contributed by atoms with Crippen LogP contribution in [0.25, 0.3) is 0 Å². The minimum atomic E-state index is 0.545.